The summed E-state index contributed by atoms with van der Waals surface area (Å²) in [5.74, 6) is 3.04. The van der Waals surface area contributed by atoms with Gasteiger partial charge in [-0.25, -0.2) is 0 Å². The van der Waals surface area contributed by atoms with Crippen LogP contribution in [0.25, 0.3) is 11.5 Å². The van der Waals surface area contributed by atoms with Gasteiger partial charge in [-0.2, -0.15) is 0 Å². The molecule has 0 N–H and O–H groups in total. The van der Waals surface area contributed by atoms with Gasteiger partial charge in [0.1, 0.15) is 0 Å². The van der Waals surface area contributed by atoms with Crippen molar-refractivity contribution < 1.29 is 18.6 Å². The Morgan fingerprint density at radius 2 is 1.53 bits per heavy atom. The van der Waals surface area contributed by atoms with Crippen LogP contribution in [0.1, 0.15) is 11.5 Å². The molecule has 0 amide bonds. The Morgan fingerprint density at radius 3 is 2.19 bits per heavy atom. The topological polar surface area (TPSA) is 73.1 Å². The lowest BCUT2D eigenvalue weighted by molar-refractivity contribution is 0.114. The first-order chi connectivity index (χ1) is 15.6. The molecule has 2 heterocycles. The number of benzene rings is 2. The summed E-state index contributed by atoms with van der Waals surface area (Å²) in [6.45, 7) is 5.03. The maximum Gasteiger partial charge on any atom is 0.249 e. The number of aromatic nitrogens is 2. The van der Waals surface area contributed by atoms with Crippen LogP contribution in [0.5, 0.6) is 17.2 Å². The van der Waals surface area contributed by atoms with E-state index in [4.69, 9.17) is 30.2 Å². The van der Waals surface area contributed by atoms with Crippen LogP contribution < -0.4 is 14.2 Å². The van der Waals surface area contributed by atoms with Crippen molar-refractivity contribution in [2.45, 2.75) is 13.1 Å². The van der Waals surface area contributed by atoms with Crippen LogP contribution in [0.3, 0.4) is 0 Å². The van der Waals surface area contributed by atoms with Gasteiger partial charge in [0.25, 0.3) is 0 Å². The highest BCUT2D eigenvalue weighted by molar-refractivity contribution is 6.33. The number of nitrogens with zero attached hydrogens (tertiary/aromatic N) is 4. The fourth-order valence-corrected chi connectivity index (χ4v) is 4.10. The molecule has 0 saturated carbocycles. The van der Waals surface area contributed by atoms with Crippen molar-refractivity contribution in [1.82, 2.24) is 20.0 Å². The van der Waals surface area contributed by atoms with Crippen LogP contribution in [0.15, 0.2) is 40.8 Å². The molecular weight excluding hydrogens is 432 g/mol. The molecule has 0 unspecified atom stereocenters. The number of piperazine rings is 1. The average molecular weight is 459 g/mol. The molecule has 170 valence electrons. The number of methoxy groups -OCH3 is 3. The van der Waals surface area contributed by atoms with E-state index >= 15 is 0 Å². The molecule has 4 rings (SSSR count). The van der Waals surface area contributed by atoms with Crippen molar-refractivity contribution in [1.29, 1.82) is 0 Å². The Labute approximate surface area is 192 Å². The fraction of sp³-hybridized carbons (Fsp3) is 0.391. The van der Waals surface area contributed by atoms with Gasteiger partial charge in [-0.1, -0.05) is 29.8 Å². The largest absolute Gasteiger partial charge is 0.493 e. The van der Waals surface area contributed by atoms with Gasteiger partial charge in [-0.15, -0.1) is 10.2 Å². The predicted molar refractivity (Wildman–Crippen MR) is 121 cm³/mol. The first-order valence-corrected chi connectivity index (χ1v) is 10.8. The van der Waals surface area contributed by atoms with E-state index in [0.717, 1.165) is 43.9 Å². The summed E-state index contributed by atoms with van der Waals surface area (Å²) < 4.78 is 22.4. The molecule has 9 heteroatoms. The molecule has 2 aromatic carbocycles. The molecule has 8 nitrogen and oxygen atoms in total. The van der Waals surface area contributed by atoms with Gasteiger partial charge < -0.3 is 18.6 Å². The van der Waals surface area contributed by atoms with Crippen molar-refractivity contribution in [3.8, 4) is 28.7 Å². The second-order valence-electron chi connectivity index (χ2n) is 7.53. The maximum atomic E-state index is 6.23. The van der Waals surface area contributed by atoms with Crippen molar-refractivity contribution in [2.24, 2.45) is 0 Å². The van der Waals surface area contributed by atoms with Gasteiger partial charge in [0.05, 0.1) is 38.5 Å². The van der Waals surface area contributed by atoms with E-state index in [9.17, 15) is 0 Å². The smallest absolute Gasteiger partial charge is 0.249 e. The molecule has 0 aliphatic carbocycles. The summed E-state index contributed by atoms with van der Waals surface area (Å²) in [7, 11) is 4.90. The Morgan fingerprint density at radius 1 is 0.844 bits per heavy atom. The molecule has 1 aromatic heterocycles. The summed E-state index contributed by atoms with van der Waals surface area (Å²) in [5.41, 5.74) is 1.82. The van der Waals surface area contributed by atoms with Gasteiger partial charge in [-0.3, -0.25) is 9.80 Å². The molecular formula is C23H27ClN4O4. The second-order valence-corrected chi connectivity index (χ2v) is 7.93. The summed E-state index contributed by atoms with van der Waals surface area (Å²) in [4.78, 5) is 4.70. The van der Waals surface area contributed by atoms with E-state index in [0.29, 0.717) is 40.6 Å². The first kappa shape index (κ1) is 22.4. The van der Waals surface area contributed by atoms with E-state index in [1.165, 1.54) is 0 Å². The quantitative estimate of drug-likeness (QED) is 0.505. The van der Waals surface area contributed by atoms with E-state index in [-0.39, 0.29) is 0 Å². The minimum atomic E-state index is 0.449. The number of hydrogen-bond acceptors (Lipinski definition) is 8. The third-order valence-corrected chi connectivity index (χ3v) is 5.90. The fourth-order valence-electron chi connectivity index (χ4n) is 3.89. The highest BCUT2D eigenvalue weighted by Gasteiger charge is 2.22. The molecule has 1 aliphatic heterocycles. The zero-order valence-corrected chi connectivity index (χ0v) is 19.3. The Balaban J connectivity index is 1.35. The molecule has 0 atom stereocenters. The van der Waals surface area contributed by atoms with Crippen LogP contribution in [0.2, 0.25) is 5.02 Å². The van der Waals surface area contributed by atoms with Crippen LogP contribution in [-0.2, 0) is 13.1 Å². The number of ether oxygens (including phenoxy) is 3. The molecule has 3 aromatic rings. The Kier molecular flexibility index (Phi) is 7.14. The normalized spacial score (nSPS) is 15.0. The molecule has 1 fully saturated rings. The third-order valence-electron chi connectivity index (χ3n) is 5.57. The standard InChI is InChI=1S/C23H27ClN4O4/c1-29-19-9-8-16(21(30-2)22(19)31-3)14-27-10-12-28(13-11-27)15-20-25-26-23(32-20)17-6-4-5-7-18(17)24/h4-9H,10-15H2,1-3H3. The van der Waals surface area contributed by atoms with Crippen LogP contribution >= 0.6 is 11.6 Å². The van der Waals surface area contributed by atoms with Crippen molar-refractivity contribution in [3.05, 3.63) is 52.9 Å². The maximum absolute atomic E-state index is 6.23. The van der Waals surface area contributed by atoms with Gasteiger partial charge in [0.15, 0.2) is 11.5 Å². The van der Waals surface area contributed by atoms with Gasteiger partial charge >= 0.3 is 0 Å². The van der Waals surface area contributed by atoms with Crippen LogP contribution in [0, 0.1) is 0 Å². The SMILES string of the molecule is COc1ccc(CN2CCN(Cc3nnc(-c4ccccc4Cl)o3)CC2)c(OC)c1OC. The van der Waals surface area contributed by atoms with Gasteiger partial charge in [0.2, 0.25) is 17.5 Å². The number of rotatable bonds is 8. The molecule has 0 radical (unpaired) electrons. The number of hydrogen-bond donors (Lipinski definition) is 0. The van der Waals surface area contributed by atoms with Crippen LogP contribution in [0.4, 0.5) is 0 Å². The average Bonchev–Trinajstić information content (AvgIpc) is 3.28. The Bertz CT molecular complexity index is 1050. The zero-order valence-electron chi connectivity index (χ0n) is 18.5. The summed E-state index contributed by atoms with van der Waals surface area (Å²) in [6, 6.07) is 11.4. The van der Waals surface area contributed by atoms with E-state index in [1.807, 2.05) is 36.4 Å². The first-order valence-electron chi connectivity index (χ1n) is 10.4. The van der Waals surface area contributed by atoms with E-state index in [1.54, 1.807) is 21.3 Å². The van der Waals surface area contributed by atoms with Crippen molar-refractivity contribution in [2.75, 3.05) is 47.5 Å². The molecule has 0 spiro atoms. The lowest BCUT2D eigenvalue weighted by Crippen LogP contribution is -2.45. The molecule has 1 saturated heterocycles. The molecule has 1 aliphatic rings. The predicted octanol–water partition coefficient (Wildman–Crippen LogP) is 3.73. The minimum Gasteiger partial charge on any atom is -0.493 e. The third kappa shape index (κ3) is 4.82. The van der Waals surface area contributed by atoms with Crippen LogP contribution in [-0.4, -0.2) is 67.5 Å². The Hall–Kier alpha value is -2.81. The summed E-state index contributed by atoms with van der Waals surface area (Å²) in [5, 5.41) is 8.96. The highest BCUT2D eigenvalue weighted by Crippen LogP contribution is 2.40. The van der Waals surface area contributed by atoms with Crippen molar-refractivity contribution in [3.63, 3.8) is 0 Å². The zero-order chi connectivity index (χ0) is 22.5. The number of halogens is 1. The van der Waals surface area contributed by atoms with E-state index in [2.05, 4.69) is 20.0 Å². The lowest BCUT2D eigenvalue weighted by atomic mass is 10.1. The lowest BCUT2D eigenvalue weighted by Gasteiger charge is -2.34. The van der Waals surface area contributed by atoms with Crippen molar-refractivity contribution >= 4 is 11.6 Å². The molecule has 0 bridgehead atoms. The monoisotopic (exact) mass is 458 g/mol. The molecule has 32 heavy (non-hydrogen) atoms. The summed E-state index contributed by atoms with van der Waals surface area (Å²) >= 11 is 6.23. The van der Waals surface area contributed by atoms with E-state index < -0.39 is 0 Å². The summed E-state index contributed by atoms with van der Waals surface area (Å²) in [6.07, 6.45) is 0. The second kappa shape index (κ2) is 10.2. The highest BCUT2D eigenvalue weighted by atomic mass is 35.5. The van der Waals surface area contributed by atoms with Gasteiger partial charge in [-0.05, 0) is 18.2 Å². The minimum absolute atomic E-state index is 0.449. The van der Waals surface area contributed by atoms with Gasteiger partial charge in [0, 0.05) is 38.3 Å².